The molecule has 1 unspecified atom stereocenters. The molecule has 0 spiro atoms. The lowest BCUT2D eigenvalue weighted by atomic mass is 9.71. The first-order valence-corrected chi connectivity index (χ1v) is 18.6. The van der Waals surface area contributed by atoms with Gasteiger partial charge in [-0.2, -0.15) is 17.2 Å². The van der Waals surface area contributed by atoms with Crippen molar-refractivity contribution in [2.45, 2.75) is 110 Å². The summed E-state index contributed by atoms with van der Waals surface area (Å²) < 4.78 is 41.9. The van der Waals surface area contributed by atoms with Crippen LogP contribution in [0.1, 0.15) is 115 Å². The predicted molar refractivity (Wildman–Crippen MR) is 177 cm³/mol. The van der Waals surface area contributed by atoms with E-state index in [1.807, 2.05) is 22.7 Å². The molecule has 0 saturated heterocycles. The molecule has 1 aliphatic carbocycles. The number of thiophene rings is 2. The molecule has 9 heteroatoms. The van der Waals surface area contributed by atoms with Gasteiger partial charge < -0.3 is 0 Å². The number of benzene rings is 1. The molecule has 0 bridgehead atoms. The molecular formula is C32H42N2O3S4. The number of rotatable bonds is 10. The first kappa shape index (κ1) is 30.8. The number of unbranched alkanes of at least 4 members (excludes halogenated alkanes) is 3. The Bertz CT molecular complexity index is 1660. The highest BCUT2D eigenvalue weighted by Crippen LogP contribution is 2.61. The molecule has 5 rings (SSSR count). The fourth-order valence-corrected chi connectivity index (χ4v) is 10.1. The Morgan fingerprint density at radius 3 is 2.10 bits per heavy atom. The Kier molecular flexibility index (Phi) is 8.36. The molecule has 5 nitrogen and oxygen atoms in total. The van der Waals surface area contributed by atoms with Crippen LogP contribution in [0.25, 0.3) is 31.2 Å². The van der Waals surface area contributed by atoms with Crippen molar-refractivity contribution in [3.05, 3.63) is 45.8 Å². The van der Waals surface area contributed by atoms with E-state index >= 15 is 0 Å². The molecular weight excluding hydrogens is 589 g/mol. The van der Waals surface area contributed by atoms with Crippen LogP contribution in [0, 0.1) is 0 Å². The summed E-state index contributed by atoms with van der Waals surface area (Å²) in [6.45, 7) is 15.7. The monoisotopic (exact) mass is 630 g/mol. The molecule has 0 radical (unpaired) electrons. The number of hydrogen-bond acceptors (Lipinski definition) is 7. The molecule has 4 aromatic rings. The van der Waals surface area contributed by atoms with E-state index < -0.39 is 10.1 Å². The van der Waals surface area contributed by atoms with Gasteiger partial charge in [0.1, 0.15) is 11.0 Å². The summed E-state index contributed by atoms with van der Waals surface area (Å²) in [4.78, 5) is 5.35. The largest absolute Gasteiger partial charge is 0.286 e. The minimum Gasteiger partial charge on any atom is -0.286 e. The van der Waals surface area contributed by atoms with E-state index in [0.717, 1.165) is 48.7 Å². The Morgan fingerprint density at radius 1 is 0.829 bits per heavy atom. The molecule has 3 heterocycles. The van der Waals surface area contributed by atoms with Gasteiger partial charge in [0, 0.05) is 30.5 Å². The van der Waals surface area contributed by atoms with Crippen LogP contribution in [-0.4, -0.2) is 27.5 Å². The summed E-state index contributed by atoms with van der Waals surface area (Å²) in [6, 6.07) is 9.30. The Labute approximate surface area is 257 Å². The van der Waals surface area contributed by atoms with Crippen LogP contribution in [-0.2, 0) is 26.4 Å². The van der Waals surface area contributed by atoms with E-state index in [4.69, 9.17) is 8.75 Å². The maximum atomic E-state index is 11.5. The average molecular weight is 631 g/mol. The van der Waals surface area contributed by atoms with Gasteiger partial charge in [0.25, 0.3) is 10.1 Å². The van der Waals surface area contributed by atoms with Gasteiger partial charge in [0.2, 0.25) is 0 Å². The maximum Gasteiger partial charge on any atom is 0.264 e. The second kappa shape index (κ2) is 11.1. The van der Waals surface area contributed by atoms with Gasteiger partial charge in [-0.15, -0.1) is 22.7 Å². The fraction of sp³-hybridized carbons (Fsp3) is 0.562. The standard InChI is InChI=1S/C32H42N2O3S4/c1-8-9-10-15-32(16-11-12-17-41(35,36)37)22-18-24(38-28(22)29-23(32)19-25(39-29)31(5,6)7)20-13-14-21(30(2,3)4)27-26(20)33-40-34-27/h13-14,18-19H,8-12,15-17H2,1-7H3,(H,35,36,37). The third-order valence-electron chi connectivity index (χ3n) is 8.39. The third-order valence-corrected chi connectivity index (χ3v) is 12.6. The van der Waals surface area contributed by atoms with E-state index in [1.165, 1.54) is 54.3 Å². The van der Waals surface area contributed by atoms with Crippen LogP contribution in [0.15, 0.2) is 24.3 Å². The number of hydrogen-bond donors (Lipinski definition) is 1. The maximum absolute atomic E-state index is 11.5. The van der Waals surface area contributed by atoms with Crippen LogP contribution in [0.2, 0.25) is 0 Å². The van der Waals surface area contributed by atoms with Crippen molar-refractivity contribution in [3.8, 4) is 20.2 Å². The van der Waals surface area contributed by atoms with E-state index in [0.29, 0.717) is 6.42 Å². The van der Waals surface area contributed by atoms with E-state index in [2.05, 4.69) is 72.7 Å². The highest BCUT2D eigenvalue weighted by atomic mass is 32.2. The molecule has 1 aromatic carbocycles. The quantitative estimate of drug-likeness (QED) is 0.139. The summed E-state index contributed by atoms with van der Waals surface area (Å²) in [5.41, 5.74) is 7.03. The molecule has 1 atom stereocenters. The van der Waals surface area contributed by atoms with Crippen molar-refractivity contribution in [1.82, 2.24) is 8.75 Å². The Balaban J connectivity index is 1.66. The van der Waals surface area contributed by atoms with Gasteiger partial charge in [-0.05, 0) is 58.9 Å². The minimum atomic E-state index is -3.97. The van der Waals surface area contributed by atoms with Crippen LogP contribution < -0.4 is 0 Å². The second-order valence-corrected chi connectivity index (χ2v) is 17.8. The van der Waals surface area contributed by atoms with Gasteiger partial charge in [-0.3, -0.25) is 4.55 Å². The van der Waals surface area contributed by atoms with Gasteiger partial charge in [0.05, 0.1) is 17.5 Å². The van der Waals surface area contributed by atoms with E-state index in [-0.39, 0.29) is 22.0 Å². The SMILES string of the molecule is CCCCCC1(CCCCS(=O)(=O)O)c2cc(-c3ccc(C(C)(C)C)c4nsnc34)sc2-c2sc(C(C)(C)C)cc21. The minimum absolute atomic E-state index is 0.0184. The van der Waals surface area contributed by atoms with Crippen molar-refractivity contribution < 1.29 is 13.0 Å². The first-order chi connectivity index (χ1) is 19.2. The van der Waals surface area contributed by atoms with Gasteiger partial charge in [0.15, 0.2) is 0 Å². The molecule has 0 amide bonds. The van der Waals surface area contributed by atoms with Gasteiger partial charge >= 0.3 is 0 Å². The zero-order valence-corrected chi connectivity index (χ0v) is 28.5. The molecule has 41 heavy (non-hydrogen) atoms. The van der Waals surface area contributed by atoms with Crippen molar-refractivity contribution in [2.24, 2.45) is 0 Å². The lowest BCUT2D eigenvalue weighted by molar-refractivity contribution is 0.408. The normalized spacial score (nSPS) is 17.4. The lowest BCUT2D eigenvalue weighted by Gasteiger charge is -2.32. The highest BCUT2D eigenvalue weighted by molar-refractivity contribution is 7.85. The molecule has 0 saturated carbocycles. The van der Waals surface area contributed by atoms with Crippen molar-refractivity contribution in [3.63, 3.8) is 0 Å². The van der Waals surface area contributed by atoms with Crippen molar-refractivity contribution in [2.75, 3.05) is 5.75 Å². The smallest absolute Gasteiger partial charge is 0.264 e. The average Bonchev–Trinajstić information content (AvgIpc) is 3.63. The first-order valence-electron chi connectivity index (χ1n) is 14.7. The lowest BCUT2D eigenvalue weighted by Crippen LogP contribution is -2.25. The van der Waals surface area contributed by atoms with Crippen LogP contribution >= 0.6 is 34.4 Å². The summed E-state index contributed by atoms with van der Waals surface area (Å²) in [5.74, 6) is -0.182. The van der Waals surface area contributed by atoms with Crippen molar-refractivity contribution in [1.29, 1.82) is 0 Å². The summed E-state index contributed by atoms with van der Waals surface area (Å²) in [6.07, 6.45) is 6.57. The van der Waals surface area contributed by atoms with Crippen LogP contribution in [0.4, 0.5) is 0 Å². The number of nitrogens with zero attached hydrogens (tertiary/aromatic N) is 2. The third kappa shape index (κ3) is 5.94. The topological polar surface area (TPSA) is 80.2 Å². The summed E-state index contributed by atoms with van der Waals surface area (Å²) >= 11 is 5.08. The zero-order valence-electron chi connectivity index (χ0n) is 25.3. The Hall–Kier alpha value is -1.65. The van der Waals surface area contributed by atoms with Crippen LogP contribution in [0.3, 0.4) is 0 Å². The van der Waals surface area contributed by atoms with Gasteiger partial charge in [-0.25, -0.2) is 0 Å². The highest BCUT2D eigenvalue weighted by Gasteiger charge is 2.46. The molecule has 0 fully saturated rings. The predicted octanol–water partition coefficient (Wildman–Crippen LogP) is 9.98. The van der Waals surface area contributed by atoms with Crippen LogP contribution in [0.5, 0.6) is 0 Å². The van der Waals surface area contributed by atoms with E-state index in [1.54, 1.807) is 0 Å². The molecule has 222 valence electrons. The van der Waals surface area contributed by atoms with Gasteiger partial charge in [-0.1, -0.05) is 86.3 Å². The van der Waals surface area contributed by atoms with Crippen molar-refractivity contribution >= 4 is 55.6 Å². The molecule has 1 aliphatic rings. The second-order valence-electron chi connectivity index (χ2n) is 13.6. The fourth-order valence-electron chi connectivity index (χ4n) is 6.20. The number of fused-ring (bicyclic) bond motifs is 4. The zero-order chi connectivity index (χ0) is 29.8. The summed E-state index contributed by atoms with van der Waals surface area (Å²) in [7, 11) is -3.97. The Morgan fingerprint density at radius 2 is 1.46 bits per heavy atom. The molecule has 3 aromatic heterocycles. The molecule has 1 N–H and O–H groups in total. The summed E-state index contributed by atoms with van der Waals surface area (Å²) in [5, 5.41) is 0. The number of aromatic nitrogens is 2. The molecule has 0 aliphatic heterocycles. The van der Waals surface area contributed by atoms with E-state index in [9.17, 15) is 13.0 Å².